The van der Waals surface area contributed by atoms with Gasteiger partial charge in [-0.1, -0.05) is 6.58 Å². The normalized spacial score (nSPS) is 10.7. The van der Waals surface area contributed by atoms with Crippen LogP contribution >= 0.6 is 0 Å². The molecule has 0 aliphatic carbocycles. The largest absolute Gasteiger partial charge is 0.502 e. The van der Waals surface area contributed by atoms with Gasteiger partial charge >= 0.3 is 0 Å². The molecule has 134 valence electrons. The molecule has 5 nitrogen and oxygen atoms in total. The summed E-state index contributed by atoms with van der Waals surface area (Å²) in [6, 6.07) is 3.30. The molecule has 7 heteroatoms. The molecule has 25 heavy (non-hydrogen) atoms. The number of hydrogen-bond donors (Lipinski definition) is 0. The van der Waals surface area contributed by atoms with Crippen LogP contribution in [0, 0.1) is 11.6 Å². The summed E-state index contributed by atoms with van der Waals surface area (Å²) in [5, 5.41) is 4.20. The number of aryl methyl sites for hydroxylation is 2. The number of rotatable bonds is 9. The lowest BCUT2D eigenvalue weighted by Crippen LogP contribution is -2.02. The lowest BCUT2D eigenvalue weighted by atomic mass is 10.1. The minimum atomic E-state index is -0.698. The van der Waals surface area contributed by atoms with Crippen LogP contribution in [0.15, 0.2) is 30.5 Å². The predicted molar refractivity (Wildman–Crippen MR) is 89.7 cm³/mol. The van der Waals surface area contributed by atoms with Crippen LogP contribution in [0.4, 0.5) is 8.78 Å². The molecule has 0 atom stereocenters. The van der Waals surface area contributed by atoms with Crippen LogP contribution in [0.3, 0.4) is 0 Å². The Balaban J connectivity index is 1.94. The van der Waals surface area contributed by atoms with Crippen molar-refractivity contribution in [2.24, 2.45) is 7.05 Å². The molecule has 1 aromatic carbocycles. The number of aromatic nitrogens is 3. The van der Waals surface area contributed by atoms with Gasteiger partial charge < -0.3 is 4.74 Å². The second-order valence-corrected chi connectivity index (χ2v) is 5.73. The summed E-state index contributed by atoms with van der Waals surface area (Å²) in [7, 11) is 3.19. The minimum absolute atomic E-state index is 0.103. The van der Waals surface area contributed by atoms with E-state index in [1.807, 2.05) is 0 Å². The zero-order valence-corrected chi connectivity index (χ0v) is 14.4. The van der Waals surface area contributed by atoms with Gasteiger partial charge in [0.15, 0.2) is 11.6 Å². The quantitative estimate of drug-likeness (QED) is 0.649. The van der Waals surface area contributed by atoms with E-state index < -0.39 is 11.6 Å². The van der Waals surface area contributed by atoms with Crippen molar-refractivity contribution >= 4 is 5.78 Å². The molecule has 0 amide bonds. The van der Waals surface area contributed by atoms with Crippen molar-refractivity contribution in [2.45, 2.75) is 32.1 Å². The molecular formula is C18H21F2N3O2. The van der Waals surface area contributed by atoms with Gasteiger partial charge in [-0.25, -0.2) is 18.4 Å². The molecule has 0 saturated heterocycles. The summed E-state index contributed by atoms with van der Waals surface area (Å²) in [6.07, 6.45) is 2.47. The van der Waals surface area contributed by atoms with Crippen molar-refractivity contribution in [3.63, 3.8) is 0 Å². The van der Waals surface area contributed by atoms with Crippen molar-refractivity contribution < 1.29 is 18.3 Å². The summed E-state index contributed by atoms with van der Waals surface area (Å²) in [4.78, 5) is 16.2. The molecule has 0 spiro atoms. The van der Waals surface area contributed by atoms with Gasteiger partial charge in [-0.15, -0.1) is 0 Å². The van der Waals surface area contributed by atoms with Gasteiger partial charge in [-0.05, 0) is 18.6 Å². The summed E-state index contributed by atoms with van der Waals surface area (Å²) in [5.74, 6) is 0.171. The minimum Gasteiger partial charge on any atom is -0.502 e. The fraction of sp³-hybridized carbons (Fsp3) is 0.389. The average molecular weight is 349 g/mol. The third kappa shape index (κ3) is 5.20. The van der Waals surface area contributed by atoms with E-state index in [0.717, 1.165) is 6.07 Å². The Morgan fingerprint density at radius 3 is 2.72 bits per heavy atom. The van der Waals surface area contributed by atoms with Gasteiger partial charge in [0.05, 0.1) is 18.4 Å². The molecule has 0 bridgehead atoms. The Bertz CT molecular complexity index is 772. The van der Waals surface area contributed by atoms with Crippen LogP contribution < -0.4 is 0 Å². The summed E-state index contributed by atoms with van der Waals surface area (Å²) in [5.41, 5.74) is 0.173. The molecule has 0 radical (unpaired) electrons. The van der Waals surface area contributed by atoms with E-state index in [0.29, 0.717) is 49.5 Å². The number of nitrogens with zero attached hydrogens (tertiary/aromatic N) is 3. The number of carbonyl (C=O) groups excluding carboxylic acids is 1. The monoisotopic (exact) mass is 349 g/mol. The molecule has 0 aliphatic heterocycles. The zero-order valence-electron chi connectivity index (χ0n) is 14.4. The van der Waals surface area contributed by atoms with Crippen molar-refractivity contribution in [3.05, 3.63) is 48.0 Å². The first-order chi connectivity index (χ1) is 11.9. The molecule has 1 heterocycles. The third-order valence-corrected chi connectivity index (χ3v) is 3.81. The Kier molecular flexibility index (Phi) is 6.38. The average Bonchev–Trinajstić information content (AvgIpc) is 2.93. The van der Waals surface area contributed by atoms with E-state index >= 15 is 0 Å². The number of benzene rings is 1. The molecule has 2 rings (SSSR count). The Morgan fingerprint density at radius 2 is 2.04 bits per heavy atom. The smallest absolute Gasteiger partial charge is 0.161 e. The van der Waals surface area contributed by atoms with Gasteiger partial charge in [0.1, 0.15) is 17.4 Å². The van der Waals surface area contributed by atoms with Gasteiger partial charge in [-0.2, -0.15) is 5.10 Å². The molecule has 0 saturated carbocycles. The molecule has 0 N–H and O–H groups in total. The summed E-state index contributed by atoms with van der Waals surface area (Å²) < 4.78 is 33.3. The molecule has 1 aromatic heterocycles. The number of Topliss-reactive ketones (excluding diaryl/α,β-unsaturated/α-hetero) is 1. The van der Waals surface area contributed by atoms with Crippen LogP contribution in [-0.4, -0.2) is 27.7 Å². The second kappa shape index (κ2) is 8.50. The number of allylic oxidation sites excluding steroid dienone is 1. The predicted octanol–water partition coefficient (Wildman–Crippen LogP) is 3.59. The van der Waals surface area contributed by atoms with Crippen molar-refractivity contribution in [1.82, 2.24) is 14.8 Å². The lowest BCUT2D eigenvalue weighted by Gasteiger charge is -2.03. The third-order valence-electron chi connectivity index (χ3n) is 3.81. The molecule has 0 aliphatic rings. The maximum absolute atomic E-state index is 13.9. The van der Waals surface area contributed by atoms with Crippen molar-refractivity contribution in [1.29, 1.82) is 0 Å². The van der Waals surface area contributed by atoms with Gasteiger partial charge in [0, 0.05) is 38.8 Å². The van der Waals surface area contributed by atoms with E-state index in [-0.39, 0.29) is 11.3 Å². The SMILES string of the molecule is C=C(CCCC(=O)CCc1nc(-c2ccc(F)cc2F)n(C)n1)OC. The molecule has 2 aromatic rings. The van der Waals surface area contributed by atoms with Crippen LogP contribution in [0.1, 0.15) is 31.5 Å². The fourth-order valence-corrected chi connectivity index (χ4v) is 2.41. The van der Waals surface area contributed by atoms with Crippen molar-refractivity contribution in [3.8, 4) is 11.4 Å². The van der Waals surface area contributed by atoms with E-state index in [2.05, 4.69) is 16.7 Å². The molecular weight excluding hydrogens is 328 g/mol. The highest BCUT2D eigenvalue weighted by molar-refractivity contribution is 5.78. The highest BCUT2D eigenvalue weighted by Gasteiger charge is 2.15. The van der Waals surface area contributed by atoms with E-state index in [1.54, 1.807) is 14.2 Å². The zero-order chi connectivity index (χ0) is 18.4. The number of halogens is 2. The summed E-state index contributed by atoms with van der Waals surface area (Å²) in [6.45, 7) is 3.71. The Hall–Kier alpha value is -2.57. The van der Waals surface area contributed by atoms with E-state index in [9.17, 15) is 13.6 Å². The van der Waals surface area contributed by atoms with E-state index in [4.69, 9.17) is 4.74 Å². The van der Waals surface area contributed by atoms with E-state index in [1.165, 1.54) is 16.8 Å². The van der Waals surface area contributed by atoms with Gasteiger partial charge in [-0.3, -0.25) is 4.79 Å². The number of ether oxygens (including phenoxy) is 1. The number of methoxy groups -OCH3 is 1. The van der Waals surface area contributed by atoms with Crippen LogP contribution in [-0.2, 0) is 23.0 Å². The fourth-order valence-electron chi connectivity index (χ4n) is 2.41. The topological polar surface area (TPSA) is 57.0 Å². The van der Waals surface area contributed by atoms with Crippen LogP contribution in [0.25, 0.3) is 11.4 Å². The number of carbonyl (C=O) groups is 1. The standard InChI is InChI=1S/C18H21F2N3O2/c1-12(25-3)5-4-6-14(24)8-10-17-21-18(23(2)22-17)15-9-7-13(19)11-16(15)20/h7,9,11H,1,4-6,8,10H2,2-3H3. The summed E-state index contributed by atoms with van der Waals surface area (Å²) >= 11 is 0. The van der Waals surface area contributed by atoms with Crippen LogP contribution in [0.2, 0.25) is 0 Å². The maximum Gasteiger partial charge on any atom is 0.161 e. The van der Waals surface area contributed by atoms with Gasteiger partial charge in [0.25, 0.3) is 0 Å². The lowest BCUT2D eigenvalue weighted by molar-refractivity contribution is -0.119. The first-order valence-corrected chi connectivity index (χ1v) is 7.99. The van der Waals surface area contributed by atoms with Gasteiger partial charge in [0.2, 0.25) is 0 Å². The highest BCUT2D eigenvalue weighted by atomic mass is 19.1. The molecule has 0 unspecified atom stereocenters. The number of ketones is 1. The van der Waals surface area contributed by atoms with Crippen molar-refractivity contribution in [2.75, 3.05) is 7.11 Å². The highest BCUT2D eigenvalue weighted by Crippen LogP contribution is 2.21. The second-order valence-electron chi connectivity index (χ2n) is 5.73. The van der Waals surface area contributed by atoms with Crippen LogP contribution in [0.5, 0.6) is 0 Å². The Morgan fingerprint density at radius 1 is 1.28 bits per heavy atom. The first-order valence-electron chi connectivity index (χ1n) is 7.99. The number of hydrogen-bond acceptors (Lipinski definition) is 4. The maximum atomic E-state index is 13.9. The molecule has 0 fully saturated rings. The first kappa shape index (κ1) is 18.8. The Labute approximate surface area is 145 Å².